The summed E-state index contributed by atoms with van der Waals surface area (Å²) in [6, 6.07) is 19.8. The van der Waals surface area contributed by atoms with E-state index in [2.05, 4.69) is 33.4 Å². The second-order valence-electron chi connectivity index (χ2n) is 12.3. The van der Waals surface area contributed by atoms with Crippen molar-refractivity contribution in [2.75, 3.05) is 4.90 Å². The summed E-state index contributed by atoms with van der Waals surface area (Å²) in [5, 5.41) is 2.92. The highest BCUT2D eigenvalue weighted by atomic mass is 79.9. The van der Waals surface area contributed by atoms with E-state index in [4.69, 9.17) is 16.3 Å². The summed E-state index contributed by atoms with van der Waals surface area (Å²) in [5.41, 5.74) is 3.12. The lowest BCUT2D eigenvalue weighted by Crippen LogP contribution is -2.54. The van der Waals surface area contributed by atoms with E-state index in [0.717, 1.165) is 32.7 Å². The first-order valence-electron chi connectivity index (χ1n) is 14.5. The van der Waals surface area contributed by atoms with E-state index in [1.807, 2.05) is 36.4 Å². The van der Waals surface area contributed by atoms with Gasteiger partial charge in [0.1, 0.15) is 17.9 Å². The number of hydrogen-bond donors (Lipinski definition) is 1. The number of carbonyl (C=O) groups is 3. The van der Waals surface area contributed by atoms with Crippen molar-refractivity contribution < 1.29 is 19.1 Å². The molecule has 0 radical (unpaired) electrons. The van der Waals surface area contributed by atoms with Crippen LogP contribution in [0.1, 0.15) is 55.2 Å². The number of halogens is 2. The molecule has 0 aromatic heterocycles. The molecule has 1 heterocycles. The number of barbiturate groups is 1. The van der Waals surface area contributed by atoms with Gasteiger partial charge in [0.25, 0.3) is 11.8 Å². The molecule has 4 bridgehead atoms. The van der Waals surface area contributed by atoms with Gasteiger partial charge in [-0.3, -0.25) is 14.9 Å². The van der Waals surface area contributed by atoms with Crippen molar-refractivity contribution in [1.29, 1.82) is 0 Å². The zero-order chi connectivity index (χ0) is 29.0. The third kappa shape index (κ3) is 4.96. The summed E-state index contributed by atoms with van der Waals surface area (Å²) >= 11 is 9.76. The zero-order valence-corrected chi connectivity index (χ0v) is 25.3. The Bertz CT molecular complexity index is 1600. The zero-order valence-electron chi connectivity index (χ0n) is 22.9. The van der Waals surface area contributed by atoms with Crippen LogP contribution in [0.15, 0.2) is 76.8 Å². The molecule has 3 aromatic carbocycles. The van der Waals surface area contributed by atoms with Crippen LogP contribution in [0, 0.1) is 17.8 Å². The molecule has 1 saturated heterocycles. The predicted octanol–water partition coefficient (Wildman–Crippen LogP) is 7.82. The molecule has 8 heteroatoms. The summed E-state index contributed by atoms with van der Waals surface area (Å²) in [4.78, 5) is 40.6. The Labute approximate surface area is 258 Å². The summed E-state index contributed by atoms with van der Waals surface area (Å²) < 4.78 is 6.79. The number of nitrogens with one attached hydrogen (secondary N) is 1. The number of ether oxygens (including phenoxy) is 1. The van der Waals surface area contributed by atoms with E-state index in [1.165, 1.54) is 50.2 Å². The Morgan fingerprint density at radius 2 is 1.60 bits per heavy atom. The molecule has 6 nitrogen and oxygen atoms in total. The SMILES string of the molecule is O=C1NC(=O)N(c2ccc(C34CC5CC(CC(C5)C3)C4)cc2)C(=O)/C1=C/c1cc(Br)ccc1OCc1ccccc1Cl. The molecule has 42 heavy (non-hydrogen) atoms. The van der Waals surface area contributed by atoms with Gasteiger partial charge < -0.3 is 4.74 Å². The third-order valence-electron chi connectivity index (χ3n) is 9.49. The van der Waals surface area contributed by atoms with Crippen LogP contribution < -0.4 is 15.0 Å². The maximum atomic E-state index is 13.7. The van der Waals surface area contributed by atoms with E-state index in [-0.39, 0.29) is 17.6 Å². The number of imide groups is 2. The lowest BCUT2D eigenvalue weighted by Gasteiger charge is -2.57. The van der Waals surface area contributed by atoms with Crippen LogP contribution in [-0.2, 0) is 21.6 Å². The van der Waals surface area contributed by atoms with Crippen LogP contribution in [0.2, 0.25) is 5.02 Å². The minimum Gasteiger partial charge on any atom is -0.488 e. The Morgan fingerprint density at radius 3 is 2.26 bits per heavy atom. The first-order valence-corrected chi connectivity index (χ1v) is 15.6. The van der Waals surface area contributed by atoms with Gasteiger partial charge in [-0.1, -0.05) is 57.9 Å². The monoisotopic (exact) mass is 644 g/mol. The highest BCUT2D eigenvalue weighted by molar-refractivity contribution is 9.10. The molecule has 4 aliphatic carbocycles. The summed E-state index contributed by atoms with van der Waals surface area (Å²) in [6.07, 6.45) is 9.27. The molecule has 3 aromatic rings. The number of benzene rings is 3. The Morgan fingerprint density at radius 1 is 0.929 bits per heavy atom. The van der Waals surface area contributed by atoms with E-state index in [0.29, 0.717) is 22.0 Å². The molecular formula is C34H30BrClN2O4. The average molecular weight is 646 g/mol. The minimum atomic E-state index is -0.755. The van der Waals surface area contributed by atoms with Crippen molar-refractivity contribution in [1.82, 2.24) is 5.32 Å². The summed E-state index contributed by atoms with van der Waals surface area (Å²) in [7, 11) is 0. The molecule has 0 unspecified atom stereocenters. The Kier molecular flexibility index (Phi) is 6.98. The van der Waals surface area contributed by atoms with Gasteiger partial charge in [0, 0.05) is 20.6 Å². The molecular weight excluding hydrogens is 616 g/mol. The molecule has 5 aliphatic rings. The number of hydrogen-bond acceptors (Lipinski definition) is 4. The molecule has 0 spiro atoms. The third-order valence-corrected chi connectivity index (χ3v) is 10.4. The first kappa shape index (κ1) is 27.4. The molecule has 214 valence electrons. The number of amides is 4. The fourth-order valence-corrected chi connectivity index (χ4v) is 8.58. The van der Waals surface area contributed by atoms with Crippen molar-refractivity contribution in [3.05, 3.63) is 98.5 Å². The van der Waals surface area contributed by atoms with Crippen molar-refractivity contribution in [3.8, 4) is 5.75 Å². The topological polar surface area (TPSA) is 75.7 Å². The molecule has 1 N–H and O–H groups in total. The number of rotatable bonds is 6. The number of nitrogens with zero attached hydrogens (tertiary/aromatic N) is 1. The van der Waals surface area contributed by atoms with Gasteiger partial charge >= 0.3 is 6.03 Å². The number of urea groups is 1. The predicted molar refractivity (Wildman–Crippen MR) is 165 cm³/mol. The lowest BCUT2D eigenvalue weighted by molar-refractivity contribution is -0.122. The van der Waals surface area contributed by atoms with Crippen LogP contribution in [0.4, 0.5) is 10.5 Å². The quantitative estimate of drug-likeness (QED) is 0.219. The van der Waals surface area contributed by atoms with Crippen molar-refractivity contribution in [3.63, 3.8) is 0 Å². The van der Waals surface area contributed by atoms with Crippen molar-refractivity contribution in [2.45, 2.75) is 50.5 Å². The number of carbonyl (C=O) groups excluding carboxylic acids is 3. The van der Waals surface area contributed by atoms with Crippen LogP contribution >= 0.6 is 27.5 Å². The van der Waals surface area contributed by atoms with Crippen molar-refractivity contribution >= 4 is 57.1 Å². The molecule has 0 atom stereocenters. The standard InChI is InChI=1S/C34H30BrClN2O4/c35-26-7-10-30(42-19-23-3-1-2-4-29(23)36)24(14-26)15-28-31(39)37-33(41)38(32(28)40)27-8-5-25(6-9-27)34-16-20-11-21(17-34)13-22(12-20)18-34/h1-10,14-15,20-22H,11-13,16-19H2,(H,37,39,41)/b28-15+. The van der Waals surface area contributed by atoms with E-state index in [1.54, 1.807) is 18.2 Å². The van der Waals surface area contributed by atoms with E-state index in [9.17, 15) is 14.4 Å². The highest BCUT2D eigenvalue weighted by Gasteiger charge is 2.51. The molecule has 4 saturated carbocycles. The van der Waals surface area contributed by atoms with Gasteiger partial charge in [0.05, 0.1) is 5.69 Å². The maximum absolute atomic E-state index is 13.7. The largest absolute Gasteiger partial charge is 0.488 e. The fourth-order valence-electron chi connectivity index (χ4n) is 8.01. The Hall–Kier alpha value is -3.42. The van der Waals surface area contributed by atoms with Gasteiger partial charge in [0.15, 0.2) is 0 Å². The van der Waals surface area contributed by atoms with E-state index >= 15 is 0 Å². The highest BCUT2D eigenvalue weighted by Crippen LogP contribution is 2.60. The molecule has 5 fully saturated rings. The summed E-state index contributed by atoms with van der Waals surface area (Å²) in [6.45, 7) is 0.207. The molecule has 8 rings (SSSR count). The fraction of sp³-hybridized carbons (Fsp3) is 0.324. The van der Waals surface area contributed by atoms with Gasteiger partial charge in [-0.25, -0.2) is 9.69 Å². The molecule has 4 amide bonds. The van der Waals surface area contributed by atoms with Gasteiger partial charge in [-0.2, -0.15) is 0 Å². The maximum Gasteiger partial charge on any atom is 0.335 e. The second kappa shape index (κ2) is 10.7. The lowest BCUT2D eigenvalue weighted by atomic mass is 9.48. The van der Waals surface area contributed by atoms with Gasteiger partial charge in [0.2, 0.25) is 0 Å². The van der Waals surface area contributed by atoms with Crippen LogP contribution in [0.25, 0.3) is 6.08 Å². The van der Waals surface area contributed by atoms with Gasteiger partial charge in [-0.05, 0) is 110 Å². The Balaban J connectivity index is 1.16. The summed E-state index contributed by atoms with van der Waals surface area (Å²) in [5.74, 6) is 1.50. The van der Waals surface area contributed by atoms with Crippen LogP contribution in [0.5, 0.6) is 5.75 Å². The van der Waals surface area contributed by atoms with Crippen molar-refractivity contribution in [2.24, 2.45) is 17.8 Å². The second-order valence-corrected chi connectivity index (χ2v) is 13.6. The van der Waals surface area contributed by atoms with E-state index < -0.39 is 17.8 Å². The average Bonchev–Trinajstić information content (AvgIpc) is 2.95. The minimum absolute atomic E-state index is 0.152. The van der Waals surface area contributed by atoms with Gasteiger partial charge in [-0.15, -0.1) is 0 Å². The number of anilines is 1. The molecule has 1 aliphatic heterocycles. The van der Waals surface area contributed by atoms with Crippen LogP contribution in [0.3, 0.4) is 0 Å². The van der Waals surface area contributed by atoms with Crippen LogP contribution in [-0.4, -0.2) is 17.8 Å². The normalized spacial score (nSPS) is 27.5. The first-order chi connectivity index (χ1) is 20.3. The smallest absolute Gasteiger partial charge is 0.335 e.